The maximum atomic E-state index is 12.3. The molecule has 21 heavy (non-hydrogen) atoms. The van der Waals surface area contributed by atoms with Gasteiger partial charge in [-0.25, -0.2) is 0 Å². The summed E-state index contributed by atoms with van der Waals surface area (Å²) in [7, 11) is 0. The average Bonchev–Trinajstić information content (AvgIpc) is 2.23. The van der Waals surface area contributed by atoms with Crippen molar-refractivity contribution in [3.8, 4) is 0 Å². The molecule has 0 saturated heterocycles. The summed E-state index contributed by atoms with van der Waals surface area (Å²) in [5, 5.41) is 9.85. The number of carboxylic acid groups (broad SMARTS) is 1. The van der Waals surface area contributed by atoms with Gasteiger partial charge in [0.1, 0.15) is 0 Å². The van der Waals surface area contributed by atoms with Gasteiger partial charge in [-0.05, 0) is 35.6 Å². The molecule has 0 unspecified atom stereocenters. The van der Waals surface area contributed by atoms with Gasteiger partial charge in [0.15, 0.2) is 0 Å². The van der Waals surface area contributed by atoms with Gasteiger partial charge in [0.25, 0.3) is 5.56 Å². The Bertz CT molecular complexity index is 783. The highest BCUT2D eigenvalue weighted by molar-refractivity contribution is 5.91. The fourth-order valence-corrected chi connectivity index (χ4v) is 2.95. The van der Waals surface area contributed by atoms with E-state index >= 15 is 0 Å². The maximum absolute atomic E-state index is 12.3. The number of nitrogens with one attached hydrogen (secondary N) is 1. The number of benzene rings is 1. The van der Waals surface area contributed by atoms with Crippen LogP contribution in [0.3, 0.4) is 0 Å². The molecule has 112 valence electrons. The number of hydrogen-bond acceptors (Lipinski definition) is 3. The highest BCUT2D eigenvalue weighted by Crippen LogP contribution is 2.30. The summed E-state index contributed by atoms with van der Waals surface area (Å²) in [6, 6.07) is 3.33. The Morgan fingerprint density at radius 3 is 2.48 bits per heavy atom. The second kappa shape index (κ2) is 4.91. The Morgan fingerprint density at radius 2 is 1.95 bits per heavy atom. The van der Waals surface area contributed by atoms with E-state index < -0.39 is 5.97 Å². The van der Waals surface area contributed by atoms with Crippen LogP contribution >= 0.6 is 0 Å². The summed E-state index contributed by atoms with van der Waals surface area (Å²) in [6.45, 7) is 7.75. The highest BCUT2D eigenvalue weighted by Gasteiger charge is 2.23. The first-order chi connectivity index (χ1) is 9.61. The Labute approximate surface area is 122 Å². The Kier molecular flexibility index (Phi) is 3.53. The molecule has 0 fully saturated rings. The number of aliphatic carboxylic acids is 1. The van der Waals surface area contributed by atoms with E-state index in [9.17, 15) is 9.59 Å². The molecule has 0 bridgehead atoms. The molecule has 0 atom stereocenters. The minimum absolute atomic E-state index is 0.127. The van der Waals surface area contributed by atoms with Crippen molar-refractivity contribution in [2.75, 3.05) is 5.73 Å². The lowest BCUT2D eigenvalue weighted by Crippen LogP contribution is -2.26. The van der Waals surface area contributed by atoms with E-state index in [1.54, 1.807) is 12.1 Å². The number of rotatable bonds is 2. The van der Waals surface area contributed by atoms with Crippen LogP contribution in [0.25, 0.3) is 10.9 Å². The second-order valence-electron chi connectivity index (χ2n) is 6.38. The zero-order valence-corrected chi connectivity index (χ0v) is 12.7. The fraction of sp³-hybridized carbons (Fsp3) is 0.375. The molecule has 0 spiro atoms. The van der Waals surface area contributed by atoms with E-state index in [4.69, 9.17) is 10.8 Å². The average molecular weight is 288 g/mol. The zero-order chi connectivity index (χ0) is 15.9. The molecule has 0 radical (unpaired) electrons. The summed E-state index contributed by atoms with van der Waals surface area (Å²) >= 11 is 0. The number of fused-ring (bicyclic) bond motifs is 1. The zero-order valence-electron chi connectivity index (χ0n) is 12.7. The number of pyridine rings is 1. The van der Waals surface area contributed by atoms with E-state index in [0.29, 0.717) is 22.3 Å². The van der Waals surface area contributed by atoms with Crippen molar-refractivity contribution >= 4 is 22.6 Å². The third-order valence-corrected chi connectivity index (χ3v) is 3.56. The Hall–Kier alpha value is -2.30. The van der Waals surface area contributed by atoms with Crippen molar-refractivity contribution in [1.29, 1.82) is 0 Å². The standard InChI is InChI=1S/C16H20N2O3/c1-8-13-9(6-12(19)20)5-10(17)7-11(13)18-15(21)14(8)16(2,3)4/h5,7H,6,17H2,1-4H3,(H,18,21)(H,19,20). The minimum atomic E-state index is -0.926. The monoisotopic (exact) mass is 288 g/mol. The number of nitrogen functional groups attached to an aromatic ring is 1. The molecule has 0 amide bonds. The van der Waals surface area contributed by atoms with Gasteiger partial charge >= 0.3 is 5.97 Å². The van der Waals surface area contributed by atoms with Crippen molar-refractivity contribution in [3.63, 3.8) is 0 Å². The van der Waals surface area contributed by atoms with Crippen LogP contribution in [0.2, 0.25) is 0 Å². The summed E-state index contributed by atoms with van der Waals surface area (Å²) in [4.78, 5) is 26.2. The molecule has 2 rings (SSSR count). The third-order valence-electron chi connectivity index (χ3n) is 3.56. The van der Waals surface area contributed by atoms with Crippen LogP contribution < -0.4 is 11.3 Å². The van der Waals surface area contributed by atoms with Gasteiger partial charge in [-0.1, -0.05) is 20.8 Å². The molecule has 0 aliphatic rings. The van der Waals surface area contributed by atoms with Crippen LogP contribution in [0.5, 0.6) is 0 Å². The van der Waals surface area contributed by atoms with E-state index in [1.165, 1.54) is 0 Å². The van der Waals surface area contributed by atoms with E-state index in [1.807, 2.05) is 27.7 Å². The van der Waals surface area contributed by atoms with Crippen LogP contribution in [-0.4, -0.2) is 16.1 Å². The van der Waals surface area contributed by atoms with Gasteiger partial charge in [-0.3, -0.25) is 9.59 Å². The van der Waals surface area contributed by atoms with Crippen LogP contribution in [-0.2, 0) is 16.6 Å². The van der Waals surface area contributed by atoms with Crippen molar-refractivity contribution in [1.82, 2.24) is 4.98 Å². The first kappa shape index (κ1) is 15.1. The van der Waals surface area contributed by atoms with Crippen LogP contribution in [0.4, 0.5) is 5.69 Å². The van der Waals surface area contributed by atoms with Crippen LogP contribution in [0.1, 0.15) is 37.5 Å². The predicted octanol–water partition coefficient (Wildman–Crippen LogP) is 2.34. The summed E-state index contributed by atoms with van der Waals surface area (Å²) < 4.78 is 0. The number of aromatic nitrogens is 1. The number of H-pyrrole nitrogens is 1. The summed E-state index contributed by atoms with van der Waals surface area (Å²) in [6.07, 6.45) is -0.127. The molecule has 5 heteroatoms. The van der Waals surface area contributed by atoms with Crippen LogP contribution in [0, 0.1) is 6.92 Å². The lowest BCUT2D eigenvalue weighted by Gasteiger charge is -2.22. The summed E-state index contributed by atoms with van der Waals surface area (Å²) in [5.74, 6) is -0.926. The topological polar surface area (TPSA) is 96.2 Å². The molecular formula is C16H20N2O3. The van der Waals surface area contributed by atoms with Crippen molar-refractivity contribution in [2.45, 2.75) is 39.5 Å². The molecule has 1 aromatic heterocycles. The number of carboxylic acids is 1. The number of hydrogen-bond donors (Lipinski definition) is 3. The van der Waals surface area contributed by atoms with Gasteiger partial charge in [-0.15, -0.1) is 0 Å². The molecular weight excluding hydrogens is 268 g/mol. The molecule has 2 aromatic rings. The normalized spacial score (nSPS) is 11.8. The lowest BCUT2D eigenvalue weighted by molar-refractivity contribution is -0.136. The van der Waals surface area contributed by atoms with Crippen molar-refractivity contribution in [3.05, 3.63) is 39.2 Å². The van der Waals surface area contributed by atoms with E-state index in [-0.39, 0.29) is 17.4 Å². The third kappa shape index (κ3) is 2.77. The molecule has 4 N–H and O–H groups in total. The first-order valence-corrected chi connectivity index (χ1v) is 6.78. The number of nitrogens with two attached hydrogens (primary N) is 1. The fourth-order valence-electron chi connectivity index (χ4n) is 2.95. The van der Waals surface area contributed by atoms with Gasteiger partial charge in [-0.2, -0.15) is 0 Å². The Morgan fingerprint density at radius 1 is 1.33 bits per heavy atom. The van der Waals surface area contributed by atoms with E-state index in [2.05, 4.69) is 4.98 Å². The molecule has 0 aliphatic heterocycles. The molecule has 1 aromatic carbocycles. The lowest BCUT2D eigenvalue weighted by atomic mass is 9.83. The number of anilines is 1. The van der Waals surface area contributed by atoms with Crippen LogP contribution in [0.15, 0.2) is 16.9 Å². The van der Waals surface area contributed by atoms with Gasteiger partial charge < -0.3 is 15.8 Å². The second-order valence-corrected chi connectivity index (χ2v) is 6.38. The Balaban J connectivity index is 2.93. The van der Waals surface area contributed by atoms with Gasteiger partial charge in [0, 0.05) is 16.6 Å². The van der Waals surface area contributed by atoms with E-state index in [0.717, 1.165) is 10.9 Å². The molecule has 0 saturated carbocycles. The van der Waals surface area contributed by atoms with Crippen molar-refractivity contribution in [2.24, 2.45) is 0 Å². The maximum Gasteiger partial charge on any atom is 0.307 e. The number of carbonyl (C=O) groups is 1. The molecule has 5 nitrogen and oxygen atoms in total. The largest absolute Gasteiger partial charge is 0.481 e. The summed E-state index contributed by atoms with van der Waals surface area (Å²) in [5.41, 5.74) is 8.47. The highest BCUT2D eigenvalue weighted by atomic mass is 16.4. The first-order valence-electron chi connectivity index (χ1n) is 6.78. The molecule has 1 heterocycles. The van der Waals surface area contributed by atoms with Crippen molar-refractivity contribution < 1.29 is 9.90 Å². The van der Waals surface area contributed by atoms with Gasteiger partial charge in [0.05, 0.1) is 11.9 Å². The van der Waals surface area contributed by atoms with Gasteiger partial charge in [0.2, 0.25) is 0 Å². The smallest absolute Gasteiger partial charge is 0.307 e. The number of aryl methyl sites for hydroxylation is 1. The SMILES string of the molecule is Cc1c(C(C)(C)C)c(=O)[nH]c2cc(N)cc(CC(=O)O)c12. The minimum Gasteiger partial charge on any atom is -0.481 e. The molecule has 0 aliphatic carbocycles. The number of aromatic amines is 1. The predicted molar refractivity (Wildman–Crippen MR) is 83.8 cm³/mol. The quantitative estimate of drug-likeness (QED) is 0.739.